The standard InChI is InChI=1S/C38H62GeO2/c1-33(2,3)27-19-25(23-40-37(13,14)15)31(29(21-27)35(7,8)9)39-32-26(24-41-38(16,17)18)20-28(34(4,5)6)22-30(32)36(10,11)12/h19-22H,23-24H2,1-18H3. The van der Waals surface area contributed by atoms with Crippen molar-refractivity contribution in [3.63, 3.8) is 0 Å². The maximum atomic E-state index is 6.51. The van der Waals surface area contributed by atoms with E-state index in [1.54, 1.807) is 0 Å². The fourth-order valence-electron chi connectivity index (χ4n) is 4.69. The van der Waals surface area contributed by atoms with E-state index in [1.807, 2.05) is 0 Å². The van der Waals surface area contributed by atoms with E-state index in [9.17, 15) is 0 Å². The van der Waals surface area contributed by atoms with Crippen molar-refractivity contribution in [2.24, 2.45) is 0 Å². The minimum absolute atomic E-state index is 0.0197. The Bertz CT molecular complexity index is 1100. The Labute approximate surface area is 261 Å². The van der Waals surface area contributed by atoms with Gasteiger partial charge in [0.1, 0.15) is 0 Å². The summed E-state index contributed by atoms with van der Waals surface area (Å²) in [4.78, 5) is 0. The van der Waals surface area contributed by atoms with Crippen LogP contribution in [-0.2, 0) is 44.3 Å². The number of hydrogen-bond acceptors (Lipinski definition) is 2. The summed E-state index contributed by atoms with van der Waals surface area (Å²) in [5, 5.41) is 0. The van der Waals surface area contributed by atoms with E-state index >= 15 is 0 Å². The third kappa shape index (κ3) is 10.5. The number of rotatable bonds is 6. The fraction of sp³-hybridized carbons (Fsp3) is 0.684. The third-order valence-electron chi connectivity index (χ3n) is 7.36. The first-order valence-corrected chi connectivity index (χ1v) is 17.6. The van der Waals surface area contributed by atoms with Gasteiger partial charge in [0.05, 0.1) is 0 Å². The molecule has 0 spiro atoms. The molecule has 0 bridgehead atoms. The molecule has 0 fully saturated rings. The van der Waals surface area contributed by atoms with Gasteiger partial charge in [0.2, 0.25) is 0 Å². The molecule has 0 aliphatic rings. The van der Waals surface area contributed by atoms with Crippen molar-refractivity contribution in [1.29, 1.82) is 0 Å². The van der Waals surface area contributed by atoms with Gasteiger partial charge in [-0.15, -0.1) is 0 Å². The van der Waals surface area contributed by atoms with Crippen LogP contribution in [0.4, 0.5) is 0 Å². The van der Waals surface area contributed by atoms with Crippen LogP contribution in [-0.4, -0.2) is 26.6 Å². The van der Waals surface area contributed by atoms with Gasteiger partial charge in [-0.05, 0) is 0 Å². The van der Waals surface area contributed by atoms with E-state index in [1.165, 1.54) is 42.2 Å². The van der Waals surface area contributed by atoms with Crippen LogP contribution in [0.3, 0.4) is 0 Å². The van der Waals surface area contributed by atoms with E-state index in [0.717, 1.165) is 0 Å². The van der Waals surface area contributed by atoms with Crippen molar-refractivity contribution < 1.29 is 9.47 Å². The summed E-state index contributed by atoms with van der Waals surface area (Å²) in [6.45, 7) is 42.4. The molecule has 0 N–H and O–H groups in total. The summed E-state index contributed by atoms with van der Waals surface area (Å²) in [6, 6.07) is 9.91. The molecule has 2 nitrogen and oxygen atoms in total. The van der Waals surface area contributed by atoms with Gasteiger partial charge in [0, 0.05) is 0 Å². The summed E-state index contributed by atoms with van der Waals surface area (Å²) < 4.78 is 16.1. The second-order valence-electron chi connectivity index (χ2n) is 18.0. The molecule has 2 radical (unpaired) electrons. The van der Waals surface area contributed by atoms with Crippen LogP contribution in [0.2, 0.25) is 0 Å². The van der Waals surface area contributed by atoms with Crippen molar-refractivity contribution in [2.45, 2.75) is 171 Å². The second-order valence-corrected chi connectivity index (χ2v) is 20.7. The summed E-state index contributed by atoms with van der Waals surface area (Å²) in [5.41, 5.74) is 8.21. The topological polar surface area (TPSA) is 18.5 Å². The first kappa shape index (κ1) is 36.1. The predicted molar refractivity (Wildman–Crippen MR) is 182 cm³/mol. The molecule has 230 valence electrons. The molecule has 41 heavy (non-hydrogen) atoms. The Morgan fingerprint density at radius 1 is 0.439 bits per heavy atom. The van der Waals surface area contributed by atoms with Gasteiger partial charge >= 0.3 is 262 Å². The van der Waals surface area contributed by atoms with Crippen molar-refractivity contribution >= 4 is 24.2 Å². The molecule has 0 aliphatic carbocycles. The van der Waals surface area contributed by atoms with Crippen LogP contribution in [0.25, 0.3) is 0 Å². The summed E-state index contributed by atoms with van der Waals surface area (Å²) in [5.74, 6) is 0. The zero-order valence-corrected chi connectivity index (χ0v) is 32.1. The van der Waals surface area contributed by atoms with E-state index in [2.05, 4.69) is 149 Å². The molecule has 2 aromatic carbocycles. The zero-order chi connectivity index (χ0) is 32.0. The Hall–Kier alpha value is -1.10. The van der Waals surface area contributed by atoms with E-state index in [0.29, 0.717) is 13.2 Å². The first-order valence-electron chi connectivity index (χ1n) is 15.5. The first-order chi connectivity index (χ1) is 18.1. The van der Waals surface area contributed by atoms with Crippen molar-refractivity contribution in [2.75, 3.05) is 0 Å². The average molecular weight is 624 g/mol. The van der Waals surface area contributed by atoms with Crippen LogP contribution in [0, 0.1) is 0 Å². The Kier molecular flexibility index (Phi) is 10.7. The molecule has 0 saturated heterocycles. The van der Waals surface area contributed by atoms with Crippen LogP contribution in [0.15, 0.2) is 24.3 Å². The van der Waals surface area contributed by atoms with Gasteiger partial charge < -0.3 is 0 Å². The normalized spacial score (nSPS) is 14.1. The Balaban J connectivity index is 2.99. The molecular weight excluding hydrogens is 561 g/mol. The SMILES string of the molecule is CC(C)(C)OCc1cc(C(C)(C)C)cc(C(C)(C)C)[c]1[Ge][c]1c(COC(C)(C)C)cc(C(C)(C)C)cc1C(C)(C)C. The molecule has 0 heterocycles. The molecule has 0 aromatic heterocycles. The van der Waals surface area contributed by atoms with Crippen LogP contribution in [0.5, 0.6) is 0 Å². The van der Waals surface area contributed by atoms with Gasteiger partial charge in [0.25, 0.3) is 0 Å². The average Bonchev–Trinajstić information content (AvgIpc) is 2.72. The van der Waals surface area contributed by atoms with Crippen molar-refractivity contribution in [3.8, 4) is 0 Å². The van der Waals surface area contributed by atoms with Gasteiger partial charge in [-0.3, -0.25) is 0 Å². The maximum absolute atomic E-state index is 6.51. The molecule has 2 rings (SSSR count). The molecule has 0 unspecified atom stereocenters. The number of hydrogen-bond donors (Lipinski definition) is 0. The molecule has 0 amide bonds. The monoisotopic (exact) mass is 624 g/mol. The van der Waals surface area contributed by atoms with Crippen molar-refractivity contribution in [3.05, 3.63) is 57.6 Å². The van der Waals surface area contributed by atoms with Gasteiger partial charge in [-0.25, -0.2) is 0 Å². The van der Waals surface area contributed by atoms with Crippen LogP contribution >= 0.6 is 0 Å². The van der Waals surface area contributed by atoms with Crippen LogP contribution < -0.4 is 8.79 Å². The molecule has 0 atom stereocenters. The zero-order valence-electron chi connectivity index (χ0n) is 30.0. The molecule has 2 aromatic rings. The van der Waals surface area contributed by atoms with Crippen molar-refractivity contribution in [1.82, 2.24) is 0 Å². The molecule has 3 heteroatoms. The summed E-state index contributed by atoms with van der Waals surface area (Å²) >= 11 is -0.739. The summed E-state index contributed by atoms with van der Waals surface area (Å²) in [7, 11) is 0. The second kappa shape index (κ2) is 12.1. The van der Waals surface area contributed by atoms with E-state index < -0.39 is 15.4 Å². The quantitative estimate of drug-likeness (QED) is 0.299. The van der Waals surface area contributed by atoms with Gasteiger partial charge in [-0.2, -0.15) is 0 Å². The summed E-state index contributed by atoms with van der Waals surface area (Å²) in [6.07, 6.45) is 0. The Morgan fingerprint density at radius 2 is 0.732 bits per heavy atom. The molecule has 0 aliphatic heterocycles. The number of ether oxygens (including phenoxy) is 2. The molecule has 0 saturated carbocycles. The van der Waals surface area contributed by atoms with Gasteiger partial charge in [0.15, 0.2) is 0 Å². The van der Waals surface area contributed by atoms with E-state index in [4.69, 9.17) is 9.47 Å². The van der Waals surface area contributed by atoms with Crippen LogP contribution in [0.1, 0.15) is 158 Å². The Morgan fingerprint density at radius 3 is 0.951 bits per heavy atom. The third-order valence-corrected chi connectivity index (χ3v) is 10.9. The van der Waals surface area contributed by atoms with Gasteiger partial charge in [-0.1, -0.05) is 0 Å². The van der Waals surface area contributed by atoms with E-state index in [-0.39, 0.29) is 32.9 Å². The predicted octanol–water partition coefficient (Wildman–Crippen LogP) is 9.16. The molecular formula is C38H62GeO2. The number of benzene rings is 2. The minimum atomic E-state index is -0.739. The fourth-order valence-corrected chi connectivity index (χ4v) is 8.94.